The maximum Gasteiger partial charge on any atom is 0.0727 e. The van der Waals surface area contributed by atoms with E-state index in [1.807, 2.05) is 0 Å². The lowest BCUT2D eigenvalue weighted by Gasteiger charge is -2.32. The Morgan fingerprint density at radius 2 is 0.612 bits per heavy atom. The molecule has 11 aromatic rings. The van der Waals surface area contributed by atoms with Gasteiger partial charge in [-0.1, -0.05) is 206 Å². The fourth-order valence-electron chi connectivity index (χ4n) is 11.2. The number of rotatable bonds is 8. The molecule has 13 rings (SSSR count). The lowest BCUT2D eigenvalue weighted by molar-refractivity contribution is 0.793. The van der Waals surface area contributed by atoms with Crippen LogP contribution >= 0.6 is 0 Å². The van der Waals surface area contributed by atoms with Gasteiger partial charge in [0.25, 0.3) is 0 Å². The Bertz CT molecular complexity index is 3540. The number of benzene rings is 11. The molecule has 314 valence electrons. The van der Waals surface area contributed by atoms with Crippen LogP contribution in [0.4, 0.5) is 34.1 Å². The second-order valence-electron chi connectivity index (χ2n) is 17.6. The Hall–Kier alpha value is -8.72. The summed E-state index contributed by atoms with van der Waals surface area (Å²) in [5, 5.41) is 2.44. The minimum atomic E-state index is -0.574. The molecule has 0 saturated heterocycles. The smallest absolute Gasteiger partial charge is 0.0727 e. The van der Waals surface area contributed by atoms with Gasteiger partial charge in [0.15, 0.2) is 0 Å². The standard InChI is InChI=1S/C65H44N2/c1-4-18-45(19-5-1)48-34-39-52(40-35-48)66(53-41-36-49(37-42-53)46-20-6-2-7-21-46)61-32-16-30-59-63(61)55-26-12-14-28-57(55)65(59)58-29-15-13-27-56(58)64-60(65)31-17-33-62(64)67(51-24-8-3-9-25-51)54-43-38-47-22-10-11-23-50(47)44-54/h1-44H. The fraction of sp³-hybridized carbons (Fsp3) is 0.0154. The van der Waals surface area contributed by atoms with E-state index in [4.69, 9.17) is 0 Å². The van der Waals surface area contributed by atoms with Crippen LogP contribution in [0.2, 0.25) is 0 Å². The first kappa shape index (κ1) is 38.7. The van der Waals surface area contributed by atoms with Crippen LogP contribution in [0, 0.1) is 0 Å². The van der Waals surface area contributed by atoms with Crippen molar-refractivity contribution in [2.75, 3.05) is 9.80 Å². The summed E-state index contributed by atoms with van der Waals surface area (Å²) < 4.78 is 0. The van der Waals surface area contributed by atoms with Crippen molar-refractivity contribution in [1.82, 2.24) is 0 Å². The van der Waals surface area contributed by atoms with Crippen molar-refractivity contribution in [1.29, 1.82) is 0 Å². The van der Waals surface area contributed by atoms with E-state index in [9.17, 15) is 0 Å². The van der Waals surface area contributed by atoms with Crippen LogP contribution in [0.15, 0.2) is 267 Å². The molecule has 0 heterocycles. The lowest BCUT2D eigenvalue weighted by Crippen LogP contribution is -2.26. The summed E-state index contributed by atoms with van der Waals surface area (Å²) >= 11 is 0. The van der Waals surface area contributed by atoms with E-state index in [-0.39, 0.29) is 0 Å². The minimum Gasteiger partial charge on any atom is -0.310 e. The third-order valence-corrected chi connectivity index (χ3v) is 14.0. The first-order valence-corrected chi connectivity index (χ1v) is 23.2. The number of fused-ring (bicyclic) bond motifs is 11. The Morgan fingerprint density at radius 1 is 0.239 bits per heavy atom. The first-order valence-electron chi connectivity index (χ1n) is 23.2. The molecule has 1 spiro atoms. The van der Waals surface area contributed by atoms with Gasteiger partial charge in [0, 0.05) is 33.9 Å². The van der Waals surface area contributed by atoms with Crippen LogP contribution < -0.4 is 9.80 Å². The van der Waals surface area contributed by atoms with Crippen molar-refractivity contribution in [3.63, 3.8) is 0 Å². The minimum absolute atomic E-state index is 0.574. The highest BCUT2D eigenvalue weighted by atomic mass is 15.2. The van der Waals surface area contributed by atoms with Crippen molar-refractivity contribution >= 4 is 44.9 Å². The van der Waals surface area contributed by atoms with E-state index in [0.29, 0.717) is 0 Å². The molecule has 0 radical (unpaired) electrons. The third-order valence-electron chi connectivity index (χ3n) is 14.0. The fourth-order valence-corrected chi connectivity index (χ4v) is 11.2. The maximum absolute atomic E-state index is 2.47. The normalized spacial score (nSPS) is 14.0. The molecule has 67 heavy (non-hydrogen) atoms. The van der Waals surface area contributed by atoms with E-state index in [0.717, 1.165) is 34.1 Å². The van der Waals surface area contributed by atoms with E-state index in [1.54, 1.807) is 0 Å². The number of hydrogen-bond donors (Lipinski definition) is 0. The zero-order chi connectivity index (χ0) is 44.3. The molecule has 0 aromatic heterocycles. The highest BCUT2D eigenvalue weighted by molar-refractivity contribution is 6.04. The van der Waals surface area contributed by atoms with Gasteiger partial charge in [-0.3, -0.25) is 0 Å². The molecule has 1 atom stereocenters. The highest BCUT2D eigenvalue weighted by Gasteiger charge is 2.53. The van der Waals surface area contributed by atoms with Gasteiger partial charge in [-0.25, -0.2) is 0 Å². The number of hydrogen-bond acceptors (Lipinski definition) is 2. The molecule has 2 nitrogen and oxygen atoms in total. The summed E-state index contributed by atoms with van der Waals surface area (Å²) in [5.41, 5.74) is 21.2. The predicted octanol–water partition coefficient (Wildman–Crippen LogP) is 17.5. The Kier molecular flexibility index (Phi) is 9.11. The van der Waals surface area contributed by atoms with Crippen molar-refractivity contribution in [3.05, 3.63) is 289 Å². The molecule has 0 fully saturated rings. The summed E-state index contributed by atoms with van der Waals surface area (Å²) in [4.78, 5) is 4.92. The topological polar surface area (TPSA) is 6.48 Å². The predicted molar refractivity (Wildman–Crippen MR) is 280 cm³/mol. The summed E-state index contributed by atoms with van der Waals surface area (Å²) in [7, 11) is 0. The van der Waals surface area contributed by atoms with Crippen LogP contribution in [0.3, 0.4) is 0 Å². The zero-order valence-corrected chi connectivity index (χ0v) is 36.8. The molecule has 11 aromatic carbocycles. The first-order chi connectivity index (χ1) is 33.3. The van der Waals surface area contributed by atoms with Gasteiger partial charge < -0.3 is 9.80 Å². The zero-order valence-electron chi connectivity index (χ0n) is 36.8. The number of nitrogens with zero attached hydrogens (tertiary/aromatic N) is 2. The van der Waals surface area contributed by atoms with Gasteiger partial charge in [-0.2, -0.15) is 0 Å². The molecular weight excluding hydrogens is 809 g/mol. The van der Waals surface area contributed by atoms with Crippen LogP contribution in [0.1, 0.15) is 22.3 Å². The second-order valence-corrected chi connectivity index (χ2v) is 17.6. The van der Waals surface area contributed by atoms with Gasteiger partial charge in [-0.15, -0.1) is 0 Å². The van der Waals surface area contributed by atoms with Gasteiger partial charge in [0.1, 0.15) is 0 Å². The molecule has 1 unspecified atom stereocenters. The third kappa shape index (κ3) is 6.11. The molecule has 0 amide bonds. The molecule has 0 N–H and O–H groups in total. The Labute approximate surface area is 391 Å². The SMILES string of the molecule is c1ccc(-c2ccc(N(c3ccc(-c4ccccc4)cc3)c3cccc4c3-c3ccccc3C43c4ccccc4-c4c(N(c5ccccc5)c5ccc6ccccc6c5)cccc43)cc2)cc1. The molecular formula is C65H44N2. The van der Waals surface area contributed by atoms with Crippen LogP contribution in [0.25, 0.3) is 55.3 Å². The van der Waals surface area contributed by atoms with Crippen molar-refractivity contribution in [2.24, 2.45) is 0 Å². The molecule has 2 aliphatic carbocycles. The quantitative estimate of drug-likeness (QED) is 0.150. The van der Waals surface area contributed by atoms with Crippen molar-refractivity contribution in [2.45, 2.75) is 5.41 Å². The summed E-state index contributed by atoms with van der Waals surface area (Å²) in [6.45, 7) is 0. The van der Waals surface area contributed by atoms with E-state index < -0.39 is 5.41 Å². The van der Waals surface area contributed by atoms with E-state index in [2.05, 4.69) is 277 Å². The summed E-state index contributed by atoms with van der Waals surface area (Å²) in [6.07, 6.45) is 0. The Balaban J connectivity index is 1.05. The summed E-state index contributed by atoms with van der Waals surface area (Å²) in [6, 6.07) is 98.1. The van der Waals surface area contributed by atoms with Crippen LogP contribution in [-0.4, -0.2) is 0 Å². The lowest BCUT2D eigenvalue weighted by atomic mass is 9.70. The second kappa shape index (κ2) is 15.8. The average molecular weight is 853 g/mol. The molecule has 0 bridgehead atoms. The van der Waals surface area contributed by atoms with E-state index in [1.165, 1.54) is 77.5 Å². The molecule has 2 heteroatoms. The Morgan fingerprint density at radius 3 is 1.13 bits per heavy atom. The number of anilines is 6. The molecule has 0 aliphatic heterocycles. The molecule has 2 aliphatic rings. The largest absolute Gasteiger partial charge is 0.310 e. The van der Waals surface area contributed by atoms with Crippen LogP contribution in [0.5, 0.6) is 0 Å². The highest BCUT2D eigenvalue weighted by Crippen LogP contribution is 2.66. The van der Waals surface area contributed by atoms with Gasteiger partial charge in [0.05, 0.1) is 16.8 Å². The van der Waals surface area contributed by atoms with Gasteiger partial charge >= 0.3 is 0 Å². The molecule has 0 saturated carbocycles. The average Bonchev–Trinajstić information content (AvgIpc) is 3.88. The van der Waals surface area contributed by atoms with Crippen LogP contribution in [-0.2, 0) is 5.41 Å². The van der Waals surface area contributed by atoms with Gasteiger partial charge in [-0.05, 0) is 127 Å². The van der Waals surface area contributed by atoms with Gasteiger partial charge in [0.2, 0.25) is 0 Å². The van der Waals surface area contributed by atoms with Crippen molar-refractivity contribution < 1.29 is 0 Å². The van der Waals surface area contributed by atoms with E-state index >= 15 is 0 Å². The maximum atomic E-state index is 2.47. The summed E-state index contributed by atoms with van der Waals surface area (Å²) in [5.74, 6) is 0. The van der Waals surface area contributed by atoms with Crippen molar-refractivity contribution in [3.8, 4) is 44.5 Å². The number of para-hydroxylation sites is 1. The monoisotopic (exact) mass is 852 g/mol.